The van der Waals surface area contributed by atoms with Gasteiger partial charge in [0.1, 0.15) is 12.4 Å². The fraction of sp³-hybridized carbons (Fsp3) is 0.417. The van der Waals surface area contributed by atoms with Crippen LogP contribution in [-0.4, -0.2) is 61.2 Å². The first-order chi connectivity index (χ1) is 16.3. The van der Waals surface area contributed by atoms with E-state index < -0.39 is 18.5 Å². The van der Waals surface area contributed by atoms with Crippen molar-refractivity contribution in [1.29, 1.82) is 0 Å². The molecule has 0 unspecified atom stereocenters. The zero-order valence-electron chi connectivity index (χ0n) is 19.8. The van der Waals surface area contributed by atoms with E-state index in [1.165, 1.54) is 25.1 Å². The number of likely N-dealkylation sites (N-methyl/N-ethyl adjacent to an activating group) is 1. The maximum absolute atomic E-state index is 12.1. The van der Waals surface area contributed by atoms with Crippen molar-refractivity contribution in [1.82, 2.24) is 15.4 Å². The van der Waals surface area contributed by atoms with Crippen molar-refractivity contribution >= 4 is 23.9 Å². The van der Waals surface area contributed by atoms with E-state index in [-0.39, 0.29) is 25.1 Å². The summed E-state index contributed by atoms with van der Waals surface area (Å²) >= 11 is 0. The predicted octanol–water partition coefficient (Wildman–Crippen LogP) is 2.17. The van der Waals surface area contributed by atoms with Gasteiger partial charge >= 0.3 is 5.97 Å². The molecule has 182 valence electrons. The van der Waals surface area contributed by atoms with E-state index in [0.717, 1.165) is 24.1 Å². The molecule has 2 aromatic rings. The number of hydrogen-bond donors (Lipinski definition) is 1. The molecule has 0 atom stereocenters. The van der Waals surface area contributed by atoms with E-state index in [4.69, 9.17) is 18.7 Å². The summed E-state index contributed by atoms with van der Waals surface area (Å²) in [6, 6.07) is 5.42. The standard InChI is InChI=1S/C24H29N3O7/c1-15-19(16(2)34-26-15)13-32-20-9-5-17(11-21(20)31-4)6-10-24(30)33-14-23(29)27(3)12-22(28)25-18-7-8-18/h5-6,9-11,18H,7-8,12-14H2,1-4H3,(H,25,28)/b10-6+. The SMILES string of the molecule is COc1cc(/C=C/C(=O)OCC(=O)N(C)CC(=O)NC2CC2)ccc1OCc1c(C)noc1C. The summed E-state index contributed by atoms with van der Waals surface area (Å²) < 4.78 is 21.4. The number of benzene rings is 1. The second-order valence-corrected chi connectivity index (χ2v) is 8.03. The van der Waals surface area contributed by atoms with Gasteiger partial charge in [-0.15, -0.1) is 0 Å². The molecule has 3 rings (SSSR count). The Labute approximate surface area is 197 Å². The molecule has 0 radical (unpaired) electrons. The first kappa shape index (κ1) is 24.8. The van der Waals surface area contributed by atoms with Gasteiger partial charge in [-0.25, -0.2) is 4.79 Å². The van der Waals surface area contributed by atoms with Crippen LogP contribution in [0, 0.1) is 13.8 Å². The molecule has 0 spiro atoms. The monoisotopic (exact) mass is 471 g/mol. The number of carbonyl (C=O) groups excluding carboxylic acids is 3. The van der Waals surface area contributed by atoms with Gasteiger partial charge in [0.25, 0.3) is 5.91 Å². The Morgan fingerprint density at radius 3 is 2.65 bits per heavy atom. The van der Waals surface area contributed by atoms with E-state index in [1.807, 2.05) is 13.8 Å². The van der Waals surface area contributed by atoms with E-state index in [2.05, 4.69) is 10.5 Å². The Hall–Kier alpha value is -3.82. The molecule has 1 fully saturated rings. The lowest BCUT2D eigenvalue weighted by molar-refractivity contribution is -0.148. The van der Waals surface area contributed by atoms with Crippen LogP contribution >= 0.6 is 0 Å². The highest BCUT2D eigenvalue weighted by molar-refractivity contribution is 5.90. The van der Waals surface area contributed by atoms with E-state index in [0.29, 0.717) is 22.8 Å². The highest BCUT2D eigenvalue weighted by Gasteiger charge is 2.24. The van der Waals surface area contributed by atoms with Gasteiger partial charge in [0, 0.05) is 19.2 Å². The van der Waals surface area contributed by atoms with Gasteiger partial charge in [-0.2, -0.15) is 0 Å². The molecule has 0 aliphatic heterocycles. The van der Waals surface area contributed by atoms with Crippen molar-refractivity contribution in [3.63, 3.8) is 0 Å². The Kier molecular flexibility index (Phi) is 8.29. The molecular weight excluding hydrogens is 442 g/mol. The number of methoxy groups -OCH3 is 1. The van der Waals surface area contributed by atoms with Crippen LogP contribution in [0.4, 0.5) is 0 Å². The molecule has 34 heavy (non-hydrogen) atoms. The largest absolute Gasteiger partial charge is 0.493 e. The lowest BCUT2D eigenvalue weighted by Gasteiger charge is -2.16. The Morgan fingerprint density at radius 1 is 1.24 bits per heavy atom. The third kappa shape index (κ3) is 7.09. The zero-order chi connectivity index (χ0) is 24.7. The number of ether oxygens (including phenoxy) is 3. The predicted molar refractivity (Wildman–Crippen MR) is 122 cm³/mol. The second kappa shape index (κ2) is 11.4. The van der Waals surface area contributed by atoms with Crippen molar-refractivity contribution in [3.8, 4) is 11.5 Å². The van der Waals surface area contributed by atoms with Crippen molar-refractivity contribution in [2.24, 2.45) is 0 Å². The quantitative estimate of drug-likeness (QED) is 0.391. The van der Waals surface area contributed by atoms with Crippen molar-refractivity contribution in [3.05, 3.63) is 46.9 Å². The zero-order valence-corrected chi connectivity index (χ0v) is 19.8. The number of rotatable bonds is 11. The molecule has 1 saturated carbocycles. The molecule has 1 aromatic carbocycles. The average Bonchev–Trinajstić information content (AvgIpc) is 3.57. The minimum atomic E-state index is -0.679. The molecule has 1 aliphatic carbocycles. The summed E-state index contributed by atoms with van der Waals surface area (Å²) in [6.45, 7) is 3.42. The summed E-state index contributed by atoms with van der Waals surface area (Å²) in [6.07, 6.45) is 4.70. The maximum atomic E-state index is 12.1. The maximum Gasteiger partial charge on any atom is 0.331 e. The van der Waals surface area contributed by atoms with Crippen LogP contribution in [0.15, 0.2) is 28.8 Å². The number of amides is 2. The summed E-state index contributed by atoms with van der Waals surface area (Å²) in [5.41, 5.74) is 2.32. The van der Waals surface area contributed by atoms with Gasteiger partial charge < -0.3 is 29.0 Å². The number of nitrogens with one attached hydrogen (secondary N) is 1. The first-order valence-electron chi connectivity index (χ1n) is 10.9. The van der Waals surface area contributed by atoms with Crippen LogP contribution in [0.1, 0.15) is 35.4 Å². The molecule has 10 nitrogen and oxygen atoms in total. The van der Waals surface area contributed by atoms with Crippen molar-refractivity contribution in [2.45, 2.75) is 39.3 Å². The van der Waals surface area contributed by atoms with Crippen LogP contribution in [0.2, 0.25) is 0 Å². The van der Waals surface area contributed by atoms with E-state index >= 15 is 0 Å². The average molecular weight is 472 g/mol. The molecule has 2 amide bonds. The molecule has 0 bridgehead atoms. The summed E-state index contributed by atoms with van der Waals surface area (Å²) in [4.78, 5) is 37.1. The topological polar surface area (TPSA) is 120 Å². The summed E-state index contributed by atoms with van der Waals surface area (Å²) in [7, 11) is 3.01. The lowest BCUT2D eigenvalue weighted by atomic mass is 10.2. The van der Waals surface area contributed by atoms with Crippen LogP contribution in [-0.2, 0) is 25.7 Å². The van der Waals surface area contributed by atoms with Crippen molar-refractivity contribution in [2.75, 3.05) is 27.3 Å². The van der Waals surface area contributed by atoms with Gasteiger partial charge in [0.05, 0.1) is 24.9 Å². The Morgan fingerprint density at radius 2 is 2.00 bits per heavy atom. The Bertz CT molecular complexity index is 1050. The molecule has 1 aromatic heterocycles. The lowest BCUT2D eigenvalue weighted by Crippen LogP contribution is -2.40. The number of hydrogen-bond acceptors (Lipinski definition) is 8. The van der Waals surface area contributed by atoms with Crippen LogP contribution < -0.4 is 14.8 Å². The van der Waals surface area contributed by atoms with Gasteiger partial charge in [0.2, 0.25) is 5.91 Å². The highest BCUT2D eigenvalue weighted by atomic mass is 16.5. The number of aryl methyl sites for hydroxylation is 2. The fourth-order valence-corrected chi connectivity index (χ4v) is 3.02. The number of esters is 1. The molecular formula is C24H29N3O7. The van der Waals surface area contributed by atoms with Gasteiger partial charge in [0.15, 0.2) is 18.1 Å². The van der Waals surface area contributed by atoms with E-state index in [9.17, 15) is 14.4 Å². The van der Waals surface area contributed by atoms with Gasteiger partial charge in [-0.05, 0) is 50.5 Å². The highest BCUT2D eigenvalue weighted by Crippen LogP contribution is 2.30. The van der Waals surface area contributed by atoms with Crippen molar-refractivity contribution < 1.29 is 33.1 Å². The molecule has 10 heteroatoms. The van der Waals surface area contributed by atoms with Gasteiger partial charge in [-0.3, -0.25) is 9.59 Å². The third-order valence-corrected chi connectivity index (χ3v) is 5.24. The second-order valence-electron chi connectivity index (χ2n) is 8.03. The summed E-state index contributed by atoms with van der Waals surface area (Å²) in [5.74, 6) is 0.347. The summed E-state index contributed by atoms with van der Waals surface area (Å²) in [5, 5.41) is 6.70. The molecule has 0 saturated heterocycles. The minimum absolute atomic E-state index is 0.0762. The smallest absolute Gasteiger partial charge is 0.331 e. The molecule has 1 aliphatic rings. The normalized spacial score (nSPS) is 12.9. The number of carbonyl (C=O) groups is 3. The van der Waals surface area contributed by atoms with E-state index in [1.54, 1.807) is 24.3 Å². The Balaban J connectivity index is 1.48. The first-order valence-corrected chi connectivity index (χ1v) is 10.9. The van der Waals surface area contributed by atoms with Crippen LogP contribution in [0.3, 0.4) is 0 Å². The van der Waals surface area contributed by atoms with Crippen LogP contribution in [0.5, 0.6) is 11.5 Å². The molecule has 1 N–H and O–H groups in total. The third-order valence-electron chi connectivity index (χ3n) is 5.24. The molecule has 1 heterocycles. The van der Waals surface area contributed by atoms with Crippen LogP contribution in [0.25, 0.3) is 6.08 Å². The number of nitrogens with zero attached hydrogens (tertiary/aromatic N) is 2. The number of aromatic nitrogens is 1. The van der Waals surface area contributed by atoms with Gasteiger partial charge in [-0.1, -0.05) is 11.2 Å². The minimum Gasteiger partial charge on any atom is -0.493 e. The fourth-order valence-electron chi connectivity index (χ4n) is 3.02.